The molecule has 3 heteroatoms. The van der Waals surface area contributed by atoms with Gasteiger partial charge in [-0.25, -0.2) is 0 Å². The fraction of sp³-hybridized carbons (Fsp3) is 0.700. The molecule has 0 saturated carbocycles. The van der Waals surface area contributed by atoms with Crippen molar-refractivity contribution in [2.24, 2.45) is 0 Å². The molecule has 0 bridgehead atoms. The van der Waals surface area contributed by atoms with Crippen molar-refractivity contribution in [1.82, 2.24) is 0 Å². The van der Waals surface area contributed by atoms with E-state index in [1.807, 2.05) is 6.92 Å². The molecule has 0 unspecified atom stereocenters. The SMILES string of the molecule is CCC(C(=O)[O-])=C1CCP(C)CC1. The molecule has 0 aliphatic carbocycles. The number of carboxylic acids is 1. The van der Waals surface area contributed by atoms with Crippen molar-refractivity contribution in [3.8, 4) is 0 Å². The lowest BCUT2D eigenvalue weighted by atomic mass is 10.0. The fourth-order valence-electron chi connectivity index (χ4n) is 1.73. The first-order chi connectivity index (χ1) is 6.15. The zero-order chi connectivity index (χ0) is 9.84. The number of aliphatic carboxylic acids is 1. The average Bonchev–Trinajstić information content (AvgIpc) is 2.09. The Morgan fingerprint density at radius 1 is 1.46 bits per heavy atom. The van der Waals surface area contributed by atoms with Gasteiger partial charge in [0, 0.05) is 0 Å². The van der Waals surface area contributed by atoms with Crippen LogP contribution in [0, 0.1) is 0 Å². The molecule has 0 N–H and O–H groups in total. The van der Waals surface area contributed by atoms with E-state index in [9.17, 15) is 9.90 Å². The average molecular weight is 199 g/mol. The quantitative estimate of drug-likeness (QED) is 0.497. The minimum atomic E-state index is -0.958. The van der Waals surface area contributed by atoms with E-state index in [0.29, 0.717) is 12.0 Å². The summed E-state index contributed by atoms with van der Waals surface area (Å²) < 4.78 is 0. The van der Waals surface area contributed by atoms with Gasteiger partial charge >= 0.3 is 0 Å². The molecule has 0 atom stereocenters. The van der Waals surface area contributed by atoms with Crippen LogP contribution in [-0.4, -0.2) is 25.0 Å². The molecule has 0 spiro atoms. The van der Waals surface area contributed by atoms with Crippen LogP contribution in [-0.2, 0) is 4.79 Å². The van der Waals surface area contributed by atoms with Crippen LogP contribution in [0.2, 0.25) is 0 Å². The number of carbonyl (C=O) groups excluding carboxylic acids is 1. The number of rotatable bonds is 2. The minimum Gasteiger partial charge on any atom is -0.545 e. The second-order valence-corrected chi connectivity index (χ2v) is 6.13. The van der Waals surface area contributed by atoms with Crippen LogP contribution in [0.25, 0.3) is 0 Å². The summed E-state index contributed by atoms with van der Waals surface area (Å²) in [6, 6.07) is 0. The van der Waals surface area contributed by atoms with Gasteiger partial charge in [0.25, 0.3) is 0 Å². The first-order valence-corrected chi connectivity index (χ1v) is 6.92. The smallest absolute Gasteiger partial charge is 0.0674 e. The van der Waals surface area contributed by atoms with Crippen LogP contribution in [0.4, 0.5) is 0 Å². The van der Waals surface area contributed by atoms with Gasteiger partial charge in [0.15, 0.2) is 0 Å². The van der Waals surface area contributed by atoms with Crippen LogP contribution in [0.5, 0.6) is 0 Å². The largest absolute Gasteiger partial charge is 0.545 e. The first kappa shape index (κ1) is 10.7. The Morgan fingerprint density at radius 2 is 2.00 bits per heavy atom. The molecule has 1 aliphatic rings. The highest BCUT2D eigenvalue weighted by atomic mass is 31.1. The van der Waals surface area contributed by atoms with Crippen LogP contribution >= 0.6 is 7.92 Å². The highest BCUT2D eigenvalue weighted by Crippen LogP contribution is 2.40. The third-order valence-corrected chi connectivity index (χ3v) is 4.59. The molecule has 1 saturated heterocycles. The maximum Gasteiger partial charge on any atom is 0.0674 e. The van der Waals surface area contributed by atoms with E-state index in [2.05, 4.69) is 6.66 Å². The third-order valence-electron chi connectivity index (χ3n) is 2.62. The van der Waals surface area contributed by atoms with E-state index in [0.717, 1.165) is 18.4 Å². The molecule has 0 aromatic carbocycles. The summed E-state index contributed by atoms with van der Waals surface area (Å²) in [5.74, 6) is -0.958. The van der Waals surface area contributed by atoms with Gasteiger partial charge in [-0.1, -0.05) is 12.5 Å². The van der Waals surface area contributed by atoms with Crippen molar-refractivity contribution in [2.45, 2.75) is 26.2 Å². The van der Waals surface area contributed by atoms with Gasteiger partial charge in [-0.15, -0.1) is 7.92 Å². The molecular weight excluding hydrogens is 183 g/mol. The summed E-state index contributed by atoms with van der Waals surface area (Å²) in [5, 5.41) is 10.7. The van der Waals surface area contributed by atoms with E-state index in [1.54, 1.807) is 0 Å². The van der Waals surface area contributed by atoms with Crippen molar-refractivity contribution < 1.29 is 9.90 Å². The predicted octanol–water partition coefficient (Wildman–Crippen LogP) is 1.35. The molecule has 0 amide bonds. The molecular formula is C10H16O2P-. The molecule has 1 heterocycles. The van der Waals surface area contributed by atoms with E-state index in [4.69, 9.17) is 0 Å². The van der Waals surface area contributed by atoms with E-state index in [1.165, 1.54) is 12.3 Å². The van der Waals surface area contributed by atoms with Gasteiger partial charge in [-0.2, -0.15) is 0 Å². The van der Waals surface area contributed by atoms with Crippen molar-refractivity contribution in [1.29, 1.82) is 0 Å². The molecule has 1 rings (SSSR count). The standard InChI is InChI=1S/C10H17O2P/c1-3-9(10(11)12)8-4-6-13(2)7-5-8/h3-7H2,1-2H3,(H,11,12)/p-1. The Labute approximate surface area is 80.8 Å². The van der Waals surface area contributed by atoms with E-state index in [-0.39, 0.29) is 7.92 Å². The maximum atomic E-state index is 10.7. The summed E-state index contributed by atoms with van der Waals surface area (Å²) in [5.41, 5.74) is 1.70. The summed E-state index contributed by atoms with van der Waals surface area (Å²) >= 11 is 0. The lowest BCUT2D eigenvalue weighted by Gasteiger charge is -2.24. The normalized spacial score (nSPS) is 22.9. The van der Waals surface area contributed by atoms with Crippen molar-refractivity contribution in [3.05, 3.63) is 11.1 Å². The topological polar surface area (TPSA) is 40.1 Å². The Bertz CT molecular complexity index is 223. The lowest BCUT2D eigenvalue weighted by Crippen LogP contribution is -2.26. The molecule has 2 nitrogen and oxygen atoms in total. The van der Waals surface area contributed by atoms with Crippen LogP contribution in [0.1, 0.15) is 26.2 Å². The number of allylic oxidation sites excluding steroid dienone is 1. The number of hydrogen-bond donors (Lipinski definition) is 0. The van der Waals surface area contributed by atoms with Crippen LogP contribution in [0.15, 0.2) is 11.1 Å². The van der Waals surface area contributed by atoms with Gasteiger partial charge < -0.3 is 9.90 Å². The Hall–Kier alpha value is -0.360. The van der Waals surface area contributed by atoms with Gasteiger partial charge in [0.2, 0.25) is 0 Å². The lowest BCUT2D eigenvalue weighted by molar-refractivity contribution is -0.299. The Morgan fingerprint density at radius 3 is 2.38 bits per heavy atom. The molecule has 13 heavy (non-hydrogen) atoms. The van der Waals surface area contributed by atoms with Crippen molar-refractivity contribution in [2.75, 3.05) is 19.0 Å². The second kappa shape index (κ2) is 4.76. The number of carbonyl (C=O) groups is 1. The van der Waals surface area contributed by atoms with Gasteiger partial charge in [0.05, 0.1) is 5.97 Å². The van der Waals surface area contributed by atoms with Gasteiger partial charge in [-0.3, -0.25) is 0 Å². The van der Waals surface area contributed by atoms with Gasteiger partial charge in [-0.05, 0) is 43.8 Å². The predicted molar refractivity (Wildman–Crippen MR) is 54.1 cm³/mol. The highest BCUT2D eigenvalue weighted by Gasteiger charge is 2.14. The van der Waals surface area contributed by atoms with Gasteiger partial charge in [0.1, 0.15) is 0 Å². The van der Waals surface area contributed by atoms with E-state index >= 15 is 0 Å². The summed E-state index contributed by atoms with van der Waals surface area (Å²) in [6.07, 6.45) is 4.97. The summed E-state index contributed by atoms with van der Waals surface area (Å²) in [7, 11) is 0.185. The van der Waals surface area contributed by atoms with Crippen molar-refractivity contribution >= 4 is 13.9 Å². The minimum absolute atomic E-state index is 0.185. The monoisotopic (exact) mass is 199 g/mol. The number of carboxylic acid groups (broad SMARTS) is 1. The molecule has 0 aromatic rings. The first-order valence-electron chi connectivity index (χ1n) is 4.76. The highest BCUT2D eigenvalue weighted by molar-refractivity contribution is 7.56. The van der Waals surface area contributed by atoms with Crippen LogP contribution in [0.3, 0.4) is 0 Å². The van der Waals surface area contributed by atoms with E-state index < -0.39 is 5.97 Å². The molecule has 0 radical (unpaired) electrons. The summed E-state index contributed by atoms with van der Waals surface area (Å²) in [6.45, 7) is 4.18. The maximum absolute atomic E-state index is 10.7. The Kier molecular flexibility index (Phi) is 3.92. The molecule has 1 fully saturated rings. The summed E-state index contributed by atoms with van der Waals surface area (Å²) in [4.78, 5) is 10.7. The third kappa shape index (κ3) is 2.80. The number of hydrogen-bond acceptors (Lipinski definition) is 2. The zero-order valence-electron chi connectivity index (χ0n) is 8.30. The molecule has 1 aliphatic heterocycles. The molecule has 74 valence electrons. The van der Waals surface area contributed by atoms with Crippen LogP contribution < -0.4 is 5.11 Å². The molecule has 0 aromatic heterocycles. The zero-order valence-corrected chi connectivity index (χ0v) is 9.19. The van der Waals surface area contributed by atoms with Crippen molar-refractivity contribution in [3.63, 3.8) is 0 Å². The second-order valence-electron chi connectivity index (χ2n) is 3.53. The Balaban J connectivity index is 2.72. The fourth-order valence-corrected chi connectivity index (χ4v) is 3.26.